The molecule has 0 aliphatic heterocycles. The van der Waals surface area contributed by atoms with Crippen molar-refractivity contribution >= 4 is 11.9 Å². The van der Waals surface area contributed by atoms with Crippen molar-refractivity contribution in [2.75, 3.05) is 13.2 Å². The molecule has 0 unspecified atom stereocenters. The van der Waals surface area contributed by atoms with Gasteiger partial charge in [0.25, 0.3) is 0 Å². The first-order valence-electron chi connectivity index (χ1n) is 9.27. The van der Waals surface area contributed by atoms with Gasteiger partial charge in [0.2, 0.25) is 0 Å². The summed E-state index contributed by atoms with van der Waals surface area (Å²) in [4.78, 5) is 23.6. The van der Waals surface area contributed by atoms with Crippen LogP contribution in [0.4, 0.5) is 0 Å². The van der Waals surface area contributed by atoms with E-state index in [4.69, 9.17) is 9.47 Å². The molecule has 0 atom stereocenters. The zero-order chi connectivity index (χ0) is 19.9. The molecule has 28 heavy (non-hydrogen) atoms. The second-order valence-electron chi connectivity index (χ2n) is 6.18. The van der Waals surface area contributed by atoms with E-state index < -0.39 is 0 Å². The minimum absolute atomic E-state index is 0.315. The van der Waals surface area contributed by atoms with Gasteiger partial charge in [0.1, 0.15) is 0 Å². The standard InChI is InChI=1S/C24H22O4/c1-3-27-23(25)19-12-8-17(9-13-19)21-6-5-7-22(16-21)18-10-14-20(15-11-18)24(26)28-4-2/h5-16H,3-4H2,1-2H3. The second-order valence-corrected chi connectivity index (χ2v) is 6.18. The van der Waals surface area contributed by atoms with Crippen molar-refractivity contribution in [3.63, 3.8) is 0 Å². The third-order valence-corrected chi connectivity index (χ3v) is 4.32. The van der Waals surface area contributed by atoms with Crippen molar-refractivity contribution in [3.8, 4) is 22.3 Å². The van der Waals surface area contributed by atoms with Crippen LogP contribution in [0.5, 0.6) is 0 Å². The van der Waals surface area contributed by atoms with Gasteiger partial charge in [-0.25, -0.2) is 9.59 Å². The van der Waals surface area contributed by atoms with Crippen LogP contribution in [0.3, 0.4) is 0 Å². The molecule has 3 aromatic carbocycles. The summed E-state index contributed by atoms with van der Waals surface area (Å²) >= 11 is 0. The van der Waals surface area contributed by atoms with Crippen molar-refractivity contribution in [1.82, 2.24) is 0 Å². The van der Waals surface area contributed by atoms with Crippen LogP contribution in [0.25, 0.3) is 22.3 Å². The number of carbonyl (C=O) groups excluding carboxylic acids is 2. The van der Waals surface area contributed by atoms with E-state index in [-0.39, 0.29) is 11.9 Å². The van der Waals surface area contributed by atoms with E-state index in [1.807, 2.05) is 42.5 Å². The minimum Gasteiger partial charge on any atom is -0.462 e. The second kappa shape index (κ2) is 9.00. The number of rotatable bonds is 6. The molecule has 4 heteroatoms. The molecule has 4 nitrogen and oxygen atoms in total. The highest BCUT2D eigenvalue weighted by molar-refractivity contribution is 5.91. The molecule has 142 valence electrons. The van der Waals surface area contributed by atoms with Crippen LogP contribution in [0.15, 0.2) is 72.8 Å². The highest BCUT2D eigenvalue weighted by Crippen LogP contribution is 2.27. The molecule has 0 radical (unpaired) electrons. The molecule has 0 aliphatic carbocycles. The molecule has 0 saturated heterocycles. The lowest BCUT2D eigenvalue weighted by atomic mass is 9.98. The van der Waals surface area contributed by atoms with Gasteiger partial charge >= 0.3 is 11.9 Å². The molecule has 0 saturated carbocycles. The molecule has 0 aliphatic rings. The Morgan fingerprint density at radius 1 is 0.607 bits per heavy atom. The fraction of sp³-hybridized carbons (Fsp3) is 0.167. The number of esters is 2. The lowest BCUT2D eigenvalue weighted by molar-refractivity contribution is 0.0517. The summed E-state index contributed by atoms with van der Waals surface area (Å²) < 4.78 is 10.0. The Hall–Kier alpha value is -3.40. The predicted molar refractivity (Wildman–Crippen MR) is 109 cm³/mol. The van der Waals surface area contributed by atoms with Gasteiger partial charge in [-0.3, -0.25) is 0 Å². The van der Waals surface area contributed by atoms with Crippen molar-refractivity contribution in [2.45, 2.75) is 13.8 Å². The van der Waals surface area contributed by atoms with Crippen LogP contribution >= 0.6 is 0 Å². The Morgan fingerprint density at radius 2 is 1.00 bits per heavy atom. The molecule has 0 N–H and O–H groups in total. The number of hydrogen-bond acceptors (Lipinski definition) is 4. The van der Waals surface area contributed by atoms with E-state index >= 15 is 0 Å². The lowest BCUT2D eigenvalue weighted by Gasteiger charge is -2.08. The smallest absolute Gasteiger partial charge is 0.338 e. The van der Waals surface area contributed by atoms with Crippen LogP contribution in [0, 0.1) is 0 Å². The summed E-state index contributed by atoms with van der Waals surface area (Å²) in [5.41, 5.74) is 5.19. The first kappa shape index (κ1) is 19.4. The van der Waals surface area contributed by atoms with E-state index in [1.54, 1.807) is 38.1 Å². The zero-order valence-electron chi connectivity index (χ0n) is 16.0. The van der Waals surface area contributed by atoms with Crippen LogP contribution in [0.1, 0.15) is 34.6 Å². The highest BCUT2D eigenvalue weighted by atomic mass is 16.5. The summed E-state index contributed by atoms with van der Waals surface area (Å²) in [6, 6.07) is 22.9. The van der Waals surface area contributed by atoms with Crippen molar-refractivity contribution in [3.05, 3.63) is 83.9 Å². The largest absolute Gasteiger partial charge is 0.462 e. The number of carbonyl (C=O) groups is 2. The summed E-state index contributed by atoms with van der Waals surface area (Å²) in [6.45, 7) is 4.29. The van der Waals surface area contributed by atoms with Gasteiger partial charge in [-0.2, -0.15) is 0 Å². The first-order valence-corrected chi connectivity index (χ1v) is 9.27. The van der Waals surface area contributed by atoms with Gasteiger partial charge in [0.15, 0.2) is 0 Å². The van der Waals surface area contributed by atoms with E-state index in [1.165, 1.54) is 0 Å². The molecule has 0 heterocycles. The molecule has 0 amide bonds. The third kappa shape index (κ3) is 4.46. The maximum absolute atomic E-state index is 11.8. The van der Waals surface area contributed by atoms with Gasteiger partial charge in [-0.15, -0.1) is 0 Å². The summed E-state index contributed by atoms with van der Waals surface area (Å²) in [7, 11) is 0. The predicted octanol–water partition coefficient (Wildman–Crippen LogP) is 5.37. The van der Waals surface area contributed by atoms with Crippen molar-refractivity contribution in [1.29, 1.82) is 0 Å². The van der Waals surface area contributed by atoms with Crippen LogP contribution in [0.2, 0.25) is 0 Å². The molecule has 0 bridgehead atoms. The fourth-order valence-electron chi connectivity index (χ4n) is 2.90. The van der Waals surface area contributed by atoms with Gasteiger partial charge in [0.05, 0.1) is 24.3 Å². The van der Waals surface area contributed by atoms with Gasteiger partial charge in [-0.05, 0) is 66.4 Å². The molecule has 0 fully saturated rings. The topological polar surface area (TPSA) is 52.6 Å². The SMILES string of the molecule is CCOC(=O)c1ccc(-c2cccc(-c3ccc(C(=O)OCC)cc3)c2)cc1. The Kier molecular flexibility index (Phi) is 6.22. The van der Waals surface area contributed by atoms with E-state index in [0.29, 0.717) is 24.3 Å². The average molecular weight is 374 g/mol. The van der Waals surface area contributed by atoms with Gasteiger partial charge in [0, 0.05) is 0 Å². The molecular weight excluding hydrogens is 352 g/mol. The molecule has 0 spiro atoms. The fourth-order valence-corrected chi connectivity index (χ4v) is 2.90. The normalized spacial score (nSPS) is 10.4. The number of hydrogen-bond donors (Lipinski definition) is 0. The molecule has 0 aromatic heterocycles. The van der Waals surface area contributed by atoms with E-state index in [0.717, 1.165) is 22.3 Å². The molecular formula is C24H22O4. The first-order chi connectivity index (χ1) is 13.6. The summed E-state index contributed by atoms with van der Waals surface area (Å²) in [5.74, 6) is -0.631. The number of ether oxygens (including phenoxy) is 2. The summed E-state index contributed by atoms with van der Waals surface area (Å²) in [6.07, 6.45) is 0. The average Bonchev–Trinajstić information content (AvgIpc) is 2.74. The van der Waals surface area contributed by atoms with Crippen LogP contribution in [-0.4, -0.2) is 25.2 Å². The van der Waals surface area contributed by atoms with Crippen LogP contribution < -0.4 is 0 Å². The molecule has 3 aromatic rings. The Morgan fingerprint density at radius 3 is 1.36 bits per heavy atom. The Bertz CT molecular complexity index is 880. The lowest BCUT2D eigenvalue weighted by Crippen LogP contribution is -2.04. The highest BCUT2D eigenvalue weighted by Gasteiger charge is 2.09. The van der Waals surface area contributed by atoms with Gasteiger partial charge < -0.3 is 9.47 Å². The zero-order valence-corrected chi connectivity index (χ0v) is 16.0. The maximum atomic E-state index is 11.8. The van der Waals surface area contributed by atoms with Crippen LogP contribution in [-0.2, 0) is 9.47 Å². The Balaban J connectivity index is 1.82. The van der Waals surface area contributed by atoms with Gasteiger partial charge in [-0.1, -0.05) is 42.5 Å². The summed E-state index contributed by atoms with van der Waals surface area (Å²) in [5, 5.41) is 0. The third-order valence-electron chi connectivity index (χ3n) is 4.32. The monoisotopic (exact) mass is 374 g/mol. The van der Waals surface area contributed by atoms with Crippen molar-refractivity contribution < 1.29 is 19.1 Å². The maximum Gasteiger partial charge on any atom is 0.338 e. The quantitative estimate of drug-likeness (QED) is 0.544. The molecule has 3 rings (SSSR count). The van der Waals surface area contributed by atoms with E-state index in [2.05, 4.69) is 6.07 Å². The van der Waals surface area contributed by atoms with Crippen molar-refractivity contribution in [2.24, 2.45) is 0 Å². The van der Waals surface area contributed by atoms with E-state index in [9.17, 15) is 9.59 Å². The Labute approximate surface area is 164 Å². The minimum atomic E-state index is -0.315. The number of benzene rings is 3.